The molecule has 4 atom stereocenters. The van der Waals surface area contributed by atoms with Crippen molar-refractivity contribution in [2.24, 2.45) is 5.92 Å². The van der Waals surface area contributed by atoms with Crippen molar-refractivity contribution < 1.29 is 17.5 Å². The maximum Gasteiger partial charge on any atom is 0.211 e. The van der Waals surface area contributed by atoms with E-state index in [4.69, 9.17) is 4.74 Å². The molecule has 2 aromatic rings. The molecule has 4 rings (SSSR count). The molecular weight excluding hydrogens is 429 g/mol. The van der Waals surface area contributed by atoms with Gasteiger partial charge in [0.05, 0.1) is 24.0 Å². The van der Waals surface area contributed by atoms with Crippen molar-refractivity contribution in [3.05, 3.63) is 65.2 Å². The van der Waals surface area contributed by atoms with E-state index in [1.807, 2.05) is 30.3 Å². The van der Waals surface area contributed by atoms with Gasteiger partial charge in [0.25, 0.3) is 0 Å². The third kappa shape index (κ3) is 5.31. The molecule has 0 bridgehead atoms. The van der Waals surface area contributed by atoms with E-state index < -0.39 is 16.7 Å². The predicted octanol–water partition coefficient (Wildman–Crippen LogP) is 3.69. The molecule has 2 heterocycles. The SMILES string of the molecule is CNCCCS(=O)(=O)NCC1CCC2C(O1)c1cc(CF)ccc1N[C@H]2c1ccccc1. The molecule has 0 radical (unpaired) electrons. The van der Waals surface area contributed by atoms with E-state index in [-0.39, 0.29) is 36.5 Å². The molecule has 0 spiro atoms. The third-order valence-corrected chi connectivity index (χ3v) is 7.83. The fraction of sp³-hybridized carbons (Fsp3) is 0.500. The summed E-state index contributed by atoms with van der Waals surface area (Å²) in [5, 5.41) is 6.61. The lowest BCUT2D eigenvalue weighted by Gasteiger charge is -2.45. The average Bonchev–Trinajstić information content (AvgIpc) is 2.82. The Morgan fingerprint density at radius 3 is 2.72 bits per heavy atom. The molecule has 8 heteroatoms. The number of hydrogen-bond acceptors (Lipinski definition) is 5. The van der Waals surface area contributed by atoms with E-state index in [0.717, 1.165) is 24.1 Å². The van der Waals surface area contributed by atoms with Gasteiger partial charge in [-0.2, -0.15) is 0 Å². The summed E-state index contributed by atoms with van der Waals surface area (Å²) < 4.78 is 47.2. The molecule has 2 aromatic carbocycles. The molecule has 2 aliphatic heterocycles. The molecule has 32 heavy (non-hydrogen) atoms. The van der Waals surface area contributed by atoms with Gasteiger partial charge in [0.15, 0.2) is 0 Å². The van der Waals surface area contributed by atoms with Crippen LogP contribution in [0.1, 0.15) is 48.1 Å². The van der Waals surface area contributed by atoms with Gasteiger partial charge in [-0.05, 0) is 56.1 Å². The second kappa shape index (κ2) is 10.3. The second-order valence-electron chi connectivity index (χ2n) is 8.63. The standard InChI is InChI=1S/C24H32FN3O3S/c1-26-12-5-13-32(29,30)27-16-19-9-10-20-23(18-6-3-2-4-7-18)28-22-11-8-17(15-25)14-21(22)24(20)31-19/h2-4,6-8,11,14,19-20,23-24,26-28H,5,9-10,12-13,15-16H2,1H3/t19?,20?,23-,24?/m0/s1. The first-order valence-corrected chi connectivity index (χ1v) is 12.9. The zero-order valence-corrected chi connectivity index (χ0v) is 19.2. The summed E-state index contributed by atoms with van der Waals surface area (Å²) in [6, 6.07) is 16.0. The maximum atomic E-state index is 13.4. The Hall–Kier alpha value is -2.00. The zero-order valence-electron chi connectivity index (χ0n) is 18.4. The lowest BCUT2D eigenvalue weighted by Crippen LogP contribution is -2.43. The Morgan fingerprint density at radius 2 is 1.97 bits per heavy atom. The predicted molar refractivity (Wildman–Crippen MR) is 125 cm³/mol. The van der Waals surface area contributed by atoms with Crippen LogP contribution in [0, 0.1) is 5.92 Å². The lowest BCUT2D eigenvalue weighted by atomic mass is 9.76. The molecule has 6 nitrogen and oxygen atoms in total. The number of fused-ring (bicyclic) bond motifs is 3. The van der Waals surface area contributed by atoms with Crippen molar-refractivity contribution in [2.45, 2.75) is 44.2 Å². The molecule has 3 unspecified atom stereocenters. The largest absolute Gasteiger partial charge is 0.378 e. The molecular formula is C24H32FN3O3S. The maximum absolute atomic E-state index is 13.4. The van der Waals surface area contributed by atoms with Crippen molar-refractivity contribution in [3.8, 4) is 0 Å². The van der Waals surface area contributed by atoms with Gasteiger partial charge >= 0.3 is 0 Å². The van der Waals surface area contributed by atoms with Gasteiger partial charge in [-0.3, -0.25) is 0 Å². The van der Waals surface area contributed by atoms with Crippen LogP contribution in [0.25, 0.3) is 0 Å². The van der Waals surface area contributed by atoms with Crippen LogP contribution < -0.4 is 15.4 Å². The molecule has 2 aliphatic rings. The van der Waals surface area contributed by atoms with Gasteiger partial charge in [0, 0.05) is 23.7 Å². The number of benzene rings is 2. The number of rotatable bonds is 9. The van der Waals surface area contributed by atoms with Crippen LogP contribution in [0.5, 0.6) is 0 Å². The Balaban J connectivity index is 1.52. The van der Waals surface area contributed by atoms with Crippen molar-refractivity contribution in [2.75, 3.05) is 31.2 Å². The minimum atomic E-state index is -3.34. The molecule has 0 aromatic heterocycles. The summed E-state index contributed by atoms with van der Waals surface area (Å²) >= 11 is 0. The minimum Gasteiger partial charge on any atom is -0.378 e. The molecule has 1 fully saturated rings. The van der Waals surface area contributed by atoms with Crippen LogP contribution in [-0.2, 0) is 21.4 Å². The molecule has 0 aliphatic carbocycles. The number of ether oxygens (including phenoxy) is 1. The number of nitrogens with one attached hydrogen (secondary N) is 3. The first kappa shape index (κ1) is 23.2. The molecule has 174 valence electrons. The number of sulfonamides is 1. The summed E-state index contributed by atoms with van der Waals surface area (Å²) in [6.07, 6.45) is 1.79. The fourth-order valence-electron chi connectivity index (χ4n) is 4.76. The summed E-state index contributed by atoms with van der Waals surface area (Å²) in [4.78, 5) is 0. The van der Waals surface area contributed by atoms with Gasteiger partial charge in [0.1, 0.15) is 6.67 Å². The third-order valence-electron chi connectivity index (χ3n) is 6.40. The van der Waals surface area contributed by atoms with Gasteiger partial charge < -0.3 is 15.4 Å². The Labute approximate surface area is 190 Å². The molecule has 3 N–H and O–H groups in total. The van der Waals surface area contributed by atoms with Crippen molar-refractivity contribution in [1.29, 1.82) is 0 Å². The fourth-order valence-corrected chi connectivity index (χ4v) is 5.87. The highest BCUT2D eigenvalue weighted by Gasteiger charge is 2.42. The molecule has 0 amide bonds. The van der Waals surface area contributed by atoms with E-state index >= 15 is 0 Å². The van der Waals surface area contributed by atoms with Crippen LogP contribution in [0.2, 0.25) is 0 Å². The Morgan fingerprint density at radius 1 is 1.16 bits per heavy atom. The number of halogens is 1. The summed E-state index contributed by atoms with van der Waals surface area (Å²) in [7, 11) is -1.53. The summed E-state index contributed by atoms with van der Waals surface area (Å²) in [6.45, 7) is 0.390. The van der Waals surface area contributed by atoms with E-state index in [2.05, 4.69) is 27.5 Å². The molecule has 1 saturated heterocycles. The normalized spacial score (nSPS) is 24.9. The minimum absolute atomic E-state index is 0.0871. The number of alkyl halides is 1. The zero-order chi connectivity index (χ0) is 22.6. The van der Waals surface area contributed by atoms with E-state index in [1.54, 1.807) is 13.1 Å². The van der Waals surface area contributed by atoms with Gasteiger partial charge in [-0.25, -0.2) is 17.5 Å². The quantitative estimate of drug-likeness (QED) is 0.497. The van der Waals surface area contributed by atoms with Gasteiger partial charge in [0.2, 0.25) is 10.0 Å². The first-order valence-electron chi connectivity index (χ1n) is 11.3. The summed E-state index contributed by atoms with van der Waals surface area (Å²) in [5.41, 5.74) is 3.72. The highest BCUT2D eigenvalue weighted by Crippen LogP contribution is 2.50. The Kier molecular flexibility index (Phi) is 7.45. The van der Waals surface area contributed by atoms with Crippen LogP contribution >= 0.6 is 0 Å². The monoisotopic (exact) mass is 461 g/mol. The number of anilines is 1. The van der Waals surface area contributed by atoms with E-state index in [0.29, 0.717) is 18.5 Å². The second-order valence-corrected chi connectivity index (χ2v) is 10.6. The first-order chi connectivity index (χ1) is 15.5. The lowest BCUT2D eigenvalue weighted by molar-refractivity contribution is -0.0899. The van der Waals surface area contributed by atoms with Crippen LogP contribution in [0.3, 0.4) is 0 Å². The topological polar surface area (TPSA) is 79.5 Å². The highest BCUT2D eigenvalue weighted by molar-refractivity contribution is 7.89. The van der Waals surface area contributed by atoms with Crippen molar-refractivity contribution in [1.82, 2.24) is 10.0 Å². The number of hydrogen-bond donors (Lipinski definition) is 3. The van der Waals surface area contributed by atoms with Gasteiger partial charge in [-0.1, -0.05) is 36.4 Å². The smallest absolute Gasteiger partial charge is 0.211 e. The molecule has 0 saturated carbocycles. The highest BCUT2D eigenvalue weighted by atomic mass is 32.2. The van der Waals surface area contributed by atoms with Crippen LogP contribution in [-0.4, -0.2) is 40.4 Å². The Bertz CT molecular complexity index is 1000. The average molecular weight is 462 g/mol. The van der Waals surface area contributed by atoms with Crippen molar-refractivity contribution in [3.63, 3.8) is 0 Å². The van der Waals surface area contributed by atoms with Gasteiger partial charge in [-0.15, -0.1) is 0 Å². The van der Waals surface area contributed by atoms with Crippen molar-refractivity contribution >= 4 is 15.7 Å². The van der Waals surface area contributed by atoms with Crippen LogP contribution in [0.15, 0.2) is 48.5 Å². The summed E-state index contributed by atoms with van der Waals surface area (Å²) in [5.74, 6) is 0.276. The van der Waals surface area contributed by atoms with E-state index in [1.165, 1.54) is 5.56 Å². The van der Waals surface area contributed by atoms with Crippen LogP contribution in [0.4, 0.5) is 10.1 Å². The van der Waals surface area contributed by atoms with E-state index in [9.17, 15) is 12.8 Å².